The standard InChI is InChI=1S/C35H38O4/c1-4-5-6-7-26-8-9-31-23-30(15-14-29(31)22-26)27-10-12-28(13-11-27)34-17-16-33(38-21-19-36)24-32(34)18-20-39-35(37)25(2)3/h8-17,22-24,36H,2,4-7,18-21H2,1,3H3. The van der Waals surface area contributed by atoms with Crippen LogP contribution in [0.1, 0.15) is 44.2 Å². The third-order valence-corrected chi connectivity index (χ3v) is 6.89. The number of hydrogen-bond acceptors (Lipinski definition) is 4. The van der Waals surface area contributed by atoms with Gasteiger partial charge >= 0.3 is 5.97 Å². The Morgan fingerprint density at radius 3 is 2.26 bits per heavy atom. The smallest absolute Gasteiger partial charge is 0.333 e. The van der Waals surface area contributed by atoms with Gasteiger partial charge in [-0.15, -0.1) is 0 Å². The van der Waals surface area contributed by atoms with Crippen LogP contribution in [0.5, 0.6) is 5.75 Å². The number of aliphatic hydroxyl groups is 1. The molecule has 0 aromatic heterocycles. The number of carbonyl (C=O) groups excluding carboxylic acids is 1. The molecule has 0 atom stereocenters. The Morgan fingerprint density at radius 2 is 1.51 bits per heavy atom. The fourth-order valence-corrected chi connectivity index (χ4v) is 4.74. The van der Waals surface area contributed by atoms with Crippen molar-refractivity contribution in [3.05, 3.63) is 102 Å². The molecule has 0 unspecified atom stereocenters. The Kier molecular flexibility index (Phi) is 9.93. The van der Waals surface area contributed by atoms with Gasteiger partial charge in [-0.2, -0.15) is 0 Å². The van der Waals surface area contributed by atoms with Crippen LogP contribution in [-0.4, -0.2) is 30.9 Å². The number of aryl methyl sites for hydroxylation is 1. The molecular weight excluding hydrogens is 484 g/mol. The molecule has 0 fully saturated rings. The number of esters is 1. The molecule has 4 aromatic carbocycles. The summed E-state index contributed by atoms with van der Waals surface area (Å²) in [5.74, 6) is 0.284. The van der Waals surface area contributed by atoms with Crippen molar-refractivity contribution in [1.82, 2.24) is 0 Å². The average Bonchev–Trinajstić information content (AvgIpc) is 2.96. The quantitative estimate of drug-likeness (QED) is 0.110. The molecule has 1 N–H and O–H groups in total. The number of unbranched alkanes of at least 4 members (excludes halogenated alkanes) is 2. The molecule has 39 heavy (non-hydrogen) atoms. The van der Waals surface area contributed by atoms with Gasteiger partial charge in [-0.05, 0) is 82.1 Å². The summed E-state index contributed by atoms with van der Waals surface area (Å²) in [7, 11) is 0. The van der Waals surface area contributed by atoms with Gasteiger partial charge in [0.05, 0.1) is 13.2 Å². The van der Waals surface area contributed by atoms with Crippen molar-refractivity contribution in [2.45, 2.75) is 46.0 Å². The Morgan fingerprint density at radius 1 is 0.795 bits per heavy atom. The molecule has 0 aliphatic rings. The van der Waals surface area contributed by atoms with Gasteiger partial charge in [0.15, 0.2) is 0 Å². The minimum atomic E-state index is -0.392. The highest BCUT2D eigenvalue weighted by Crippen LogP contribution is 2.31. The molecule has 0 bridgehead atoms. The monoisotopic (exact) mass is 522 g/mol. The first-order valence-corrected chi connectivity index (χ1v) is 13.8. The van der Waals surface area contributed by atoms with Gasteiger partial charge in [0.2, 0.25) is 0 Å². The summed E-state index contributed by atoms with van der Waals surface area (Å²) >= 11 is 0. The van der Waals surface area contributed by atoms with Crippen molar-refractivity contribution in [3.8, 4) is 28.0 Å². The van der Waals surface area contributed by atoms with Crippen LogP contribution < -0.4 is 4.74 Å². The van der Waals surface area contributed by atoms with E-state index in [1.54, 1.807) is 6.92 Å². The maximum atomic E-state index is 11.8. The summed E-state index contributed by atoms with van der Waals surface area (Å²) in [6.07, 6.45) is 5.44. The summed E-state index contributed by atoms with van der Waals surface area (Å²) in [6, 6.07) is 27.9. The molecule has 0 spiro atoms. The molecule has 4 aromatic rings. The van der Waals surface area contributed by atoms with Gasteiger partial charge in [-0.25, -0.2) is 4.79 Å². The topological polar surface area (TPSA) is 55.8 Å². The van der Waals surface area contributed by atoms with E-state index in [1.807, 2.05) is 18.2 Å². The Labute approximate surface area is 231 Å². The van der Waals surface area contributed by atoms with Crippen molar-refractivity contribution >= 4 is 16.7 Å². The molecule has 0 radical (unpaired) electrons. The fourth-order valence-electron chi connectivity index (χ4n) is 4.74. The Balaban J connectivity index is 1.54. The molecule has 202 valence electrons. The number of rotatable bonds is 13. The molecule has 0 heterocycles. The summed E-state index contributed by atoms with van der Waals surface area (Å²) < 4.78 is 11.0. The largest absolute Gasteiger partial charge is 0.491 e. The lowest BCUT2D eigenvalue weighted by molar-refractivity contribution is -0.138. The van der Waals surface area contributed by atoms with E-state index in [2.05, 4.69) is 74.2 Å². The van der Waals surface area contributed by atoms with E-state index in [4.69, 9.17) is 14.6 Å². The Bertz CT molecular complexity index is 1420. The SMILES string of the molecule is C=C(C)C(=O)OCCc1cc(OCCO)ccc1-c1ccc(-c2ccc3cc(CCCCC)ccc3c2)cc1. The van der Waals surface area contributed by atoms with E-state index in [-0.39, 0.29) is 19.8 Å². The number of aliphatic hydroxyl groups excluding tert-OH is 1. The molecule has 4 heteroatoms. The van der Waals surface area contributed by atoms with Crippen LogP contribution in [0, 0.1) is 0 Å². The van der Waals surface area contributed by atoms with Gasteiger partial charge in [-0.3, -0.25) is 0 Å². The maximum Gasteiger partial charge on any atom is 0.333 e. The third kappa shape index (κ3) is 7.58. The summed E-state index contributed by atoms with van der Waals surface area (Å²) in [4.78, 5) is 11.8. The highest BCUT2D eigenvalue weighted by atomic mass is 16.5. The summed E-state index contributed by atoms with van der Waals surface area (Å²) in [6.45, 7) is 7.94. The van der Waals surface area contributed by atoms with Crippen molar-refractivity contribution in [2.24, 2.45) is 0 Å². The molecule has 0 aliphatic heterocycles. The van der Waals surface area contributed by atoms with Crippen molar-refractivity contribution in [1.29, 1.82) is 0 Å². The van der Waals surface area contributed by atoms with Crippen LogP contribution >= 0.6 is 0 Å². The Hall–Kier alpha value is -3.89. The maximum absolute atomic E-state index is 11.8. The molecule has 0 saturated carbocycles. The average molecular weight is 523 g/mol. The zero-order valence-corrected chi connectivity index (χ0v) is 23.0. The molecular formula is C35H38O4. The van der Waals surface area contributed by atoms with Gasteiger partial charge in [0.25, 0.3) is 0 Å². The predicted octanol–water partition coefficient (Wildman–Crippen LogP) is 7.94. The van der Waals surface area contributed by atoms with Gasteiger partial charge < -0.3 is 14.6 Å². The van der Waals surface area contributed by atoms with Crippen LogP contribution in [-0.2, 0) is 22.4 Å². The van der Waals surface area contributed by atoms with Gasteiger partial charge in [0.1, 0.15) is 12.4 Å². The van der Waals surface area contributed by atoms with Crippen molar-refractivity contribution < 1.29 is 19.4 Å². The molecule has 0 aliphatic carbocycles. The van der Waals surface area contributed by atoms with Crippen LogP contribution in [0.4, 0.5) is 0 Å². The summed E-state index contributed by atoms with van der Waals surface area (Å²) in [5, 5.41) is 11.7. The van der Waals surface area contributed by atoms with E-state index in [9.17, 15) is 4.79 Å². The number of benzene rings is 4. The fraction of sp³-hybridized carbons (Fsp3) is 0.286. The third-order valence-electron chi connectivity index (χ3n) is 6.89. The second-order valence-electron chi connectivity index (χ2n) is 9.99. The second-order valence-corrected chi connectivity index (χ2v) is 9.99. The second kappa shape index (κ2) is 13.8. The van der Waals surface area contributed by atoms with E-state index in [0.717, 1.165) is 28.7 Å². The first-order valence-electron chi connectivity index (χ1n) is 13.8. The first-order chi connectivity index (χ1) is 19.0. The highest BCUT2D eigenvalue weighted by Gasteiger charge is 2.11. The van der Waals surface area contributed by atoms with Crippen LogP contribution in [0.15, 0.2) is 91.0 Å². The van der Waals surface area contributed by atoms with E-state index < -0.39 is 5.97 Å². The first kappa shape index (κ1) is 28.1. The van der Waals surface area contributed by atoms with E-state index >= 15 is 0 Å². The minimum absolute atomic E-state index is 0.0519. The van der Waals surface area contributed by atoms with Gasteiger partial charge in [0, 0.05) is 12.0 Å². The minimum Gasteiger partial charge on any atom is -0.491 e. The lowest BCUT2D eigenvalue weighted by Gasteiger charge is -2.14. The molecule has 4 nitrogen and oxygen atoms in total. The molecule has 0 saturated heterocycles. The number of carbonyl (C=O) groups is 1. The van der Waals surface area contributed by atoms with Crippen LogP contribution in [0.25, 0.3) is 33.0 Å². The van der Waals surface area contributed by atoms with E-state index in [1.165, 1.54) is 41.2 Å². The zero-order valence-electron chi connectivity index (χ0n) is 23.0. The zero-order chi connectivity index (χ0) is 27.6. The predicted molar refractivity (Wildman–Crippen MR) is 160 cm³/mol. The lowest BCUT2D eigenvalue weighted by Crippen LogP contribution is -2.09. The van der Waals surface area contributed by atoms with Crippen molar-refractivity contribution in [3.63, 3.8) is 0 Å². The highest BCUT2D eigenvalue weighted by molar-refractivity contribution is 5.88. The van der Waals surface area contributed by atoms with Crippen LogP contribution in [0.3, 0.4) is 0 Å². The summed E-state index contributed by atoms with van der Waals surface area (Å²) in [5.41, 5.74) is 7.27. The number of fused-ring (bicyclic) bond motifs is 1. The lowest BCUT2D eigenvalue weighted by atomic mass is 9.94. The normalized spacial score (nSPS) is 10.9. The number of hydrogen-bond donors (Lipinski definition) is 1. The van der Waals surface area contributed by atoms with Crippen LogP contribution in [0.2, 0.25) is 0 Å². The molecule has 4 rings (SSSR count). The van der Waals surface area contributed by atoms with E-state index in [0.29, 0.717) is 17.7 Å². The number of ether oxygens (including phenoxy) is 2. The van der Waals surface area contributed by atoms with Gasteiger partial charge in [-0.1, -0.05) is 87.0 Å². The van der Waals surface area contributed by atoms with Crippen molar-refractivity contribution in [2.75, 3.05) is 19.8 Å². The molecule has 0 amide bonds.